The zero-order valence-electron chi connectivity index (χ0n) is 9.58. The molecule has 0 saturated carbocycles. The van der Waals surface area contributed by atoms with Crippen molar-refractivity contribution in [2.45, 2.75) is 23.2 Å². The van der Waals surface area contributed by atoms with Gasteiger partial charge < -0.3 is 10.4 Å². The maximum absolute atomic E-state index is 11.7. The molecule has 8 nitrogen and oxygen atoms in total. The molecule has 0 aromatic carbocycles. The van der Waals surface area contributed by atoms with Crippen LogP contribution >= 0.6 is 23.1 Å². The van der Waals surface area contributed by atoms with E-state index in [0.29, 0.717) is 22.3 Å². The molecule has 3 N–H and O–H groups in total. The van der Waals surface area contributed by atoms with E-state index in [1.165, 1.54) is 0 Å². The number of amides is 2. The first-order chi connectivity index (χ1) is 9.04. The van der Waals surface area contributed by atoms with Gasteiger partial charge in [0.15, 0.2) is 4.34 Å². The highest BCUT2D eigenvalue weighted by Crippen LogP contribution is 2.25. The number of anilines is 1. The first-order valence-corrected chi connectivity index (χ1v) is 7.13. The fourth-order valence-corrected chi connectivity index (χ4v) is 2.92. The van der Waals surface area contributed by atoms with Crippen molar-refractivity contribution in [3.8, 4) is 0 Å². The summed E-state index contributed by atoms with van der Waals surface area (Å²) in [6.07, 6.45) is 0.804. The Labute approximate surface area is 116 Å². The fraction of sp³-hybridized carbons (Fsp3) is 0.444. The lowest BCUT2D eigenvalue weighted by molar-refractivity contribution is -0.134. The van der Waals surface area contributed by atoms with Crippen molar-refractivity contribution < 1.29 is 19.5 Å². The summed E-state index contributed by atoms with van der Waals surface area (Å²) in [5, 5.41) is 21.4. The van der Waals surface area contributed by atoms with Gasteiger partial charge in [0.05, 0.1) is 5.75 Å². The summed E-state index contributed by atoms with van der Waals surface area (Å²) in [6.45, 7) is 0. The van der Waals surface area contributed by atoms with E-state index in [9.17, 15) is 14.4 Å². The van der Waals surface area contributed by atoms with E-state index in [1.54, 1.807) is 0 Å². The van der Waals surface area contributed by atoms with Crippen LogP contribution in [0, 0.1) is 0 Å². The minimum atomic E-state index is -0.945. The van der Waals surface area contributed by atoms with Crippen LogP contribution in [-0.2, 0) is 14.4 Å². The number of rotatable bonds is 5. The minimum absolute atomic E-state index is 0.110. The number of hydrogen-bond acceptors (Lipinski definition) is 7. The summed E-state index contributed by atoms with van der Waals surface area (Å²) < 4.78 is 0.466. The summed E-state index contributed by atoms with van der Waals surface area (Å²) in [7, 11) is 0. The number of nitrogens with one attached hydrogen (secondary N) is 2. The molecule has 1 atom stereocenters. The molecule has 0 spiro atoms. The third-order valence-corrected chi connectivity index (χ3v) is 4.22. The van der Waals surface area contributed by atoms with Gasteiger partial charge in [-0.05, 0) is 6.42 Å². The molecule has 1 aliphatic rings. The maximum atomic E-state index is 11.7. The van der Waals surface area contributed by atoms with Gasteiger partial charge in [0, 0.05) is 6.42 Å². The van der Waals surface area contributed by atoms with Crippen LogP contribution in [0.5, 0.6) is 0 Å². The second-order valence-electron chi connectivity index (χ2n) is 3.70. The number of nitrogens with zero attached hydrogens (tertiary/aromatic N) is 2. The third kappa shape index (κ3) is 3.89. The minimum Gasteiger partial charge on any atom is -0.481 e. The van der Waals surface area contributed by atoms with Crippen molar-refractivity contribution in [2.24, 2.45) is 0 Å². The number of aliphatic carboxylic acids is 1. The Kier molecular flexibility index (Phi) is 4.32. The molecular formula is C9H10N4O4S2. The van der Waals surface area contributed by atoms with E-state index in [4.69, 9.17) is 5.11 Å². The van der Waals surface area contributed by atoms with E-state index in [-0.39, 0.29) is 17.6 Å². The van der Waals surface area contributed by atoms with Gasteiger partial charge in [-0.25, -0.2) is 0 Å². The predicted molar refractivity (Wildman–Crippen MR) is 68.1 cm³/mol. The molecule has 0 aliphatic carbocycles. The summed E-state index contributed by atoms with van der Waals surface area (Å²) in [6, 6.07) is -0.536. The van der Waals surface area contributed by atoms with E-state index in [2.05, 4.69) is 20.8 Å². The van der Waals surface area contributed by atoms with Gasteiger partial charge in [-0.2, -0.15) is 0 Å². The lowest BCUT2D eigenvalue weighted by atomic mass is 10.2. The normalized spacial score (nSPS) is 18.1. The molecule has 0 radical (unpaired) electrons. The highest BCUT2D eigenvalue weighted by atomic mass is 32.2. The van der Waals surface area contributed by atoms with Crippen molar-refractivity contribution >= 4 is 46.0 Å². The van der Waals surface area contributed by atoms with Gasteiger partial charge in [-0.15, -0.1) is 10.2 Å². The van der Waals surface area contributed by atoms with Crippen LogP contribution in [0.3, 0.4) is 0 Å². The Morgan fingerprint density at radius 2 is 2.32 bits per heavy atom. The summed E-state index contributed by atoms with van der Waals surface area (Å²) in [4.78, 5) is 33.1. The molecule has 1 saturated heterocycles. The lowest BCUT2D eigenvalue weighted by Gasteiger charge is -2.07. The van der Waals surface area contributed by atoms with Gasteiger partial charge in [0.25, 0.3) is 0 Å². The Morgan fingerprint density at radius 1 is 1.53 bits per heavy atom. The summed E-state index contributed by atoms with van der Waals surface area (Å²) in [5.41, 5.74) is 0. The number of thioether (sulfide) groups is 1. The zero-order chi connectivity index (χ0) is 13.8. The first-order valence-electron chi connectivity index (χ1n) is 5.33. The Balaban J connectivity index is 1.87. The highest BCUT2D eigenvalue weighted by molar-refractivity contribution is 8.01. The van der Waals surface area contributed by atoms with Gasteiger partial charge in [0.1, 0.15) is 6.04 Å². The molecule has 1 fully saturated rings. The third-order valence-electron chi connectivity index (χ3n) is 2.27. The number of aromatic nitrogens is 2. The topological polar surface area (TPSA) is 121 Å². The number of carbonyl (C=O) groups is 3. The number of carboxylic acid groups (broad SMARTS) is 1. The van der Waals surface area contributed by atoms with E-state index in [0.717, 1.165) is 23.1 Å². The molecule has 1 aliphatic heterocycles. The number of carboxylic acids is 1. The van der Waals surface area contributed by atoms with E-state index in [1.807, 2.05) is 0 Å². The SMILES string of the molecule is O=C(O)CSc1nnc(NC(=O)[C@H]2CCC(=O)N2)s1. The monoisotopic (exact) mass is 302 g/mol. The Hall–Kier alpha value is -1.68. The molecule has 1 aromatic rings. The van der Waals surface area contributed by atoms with E-state index >= 15 is 0 Å². The van der Waals surface area contributed by atoms with Crippen molar-refractivity contribution in [1.82, 2.24) is 15.5 Å². The second-order valence-corrected chi connectivity index (χ2v) is 5.90. The standard InChI is InChI=1S/C9H10N4O4S2/c14-5-2-1-4(10-5)7(17)11-8-12-13-9(19-8)18-3-6(15)16/h4H,1-3H2,(H,10,14)(H,15,16)(H,11,12,17)/t4-/m1/s1. The smallest absolute Gasteiger partial charge is 0.313 e. The molecule has 10 heteroatoms. The predicted octanol–water partition coefficient (Wildman–Crippen LogP) is -0.0681. The summed E-state index contributed by atoms with van der Waals surface area (Å²) >= 11 is 2.13. The average Bonchev–Trinajstić information content (AvgIpc) is 2.95. The largest absolute Gasteiger partial charge is 0.481 e. The molecule has 19 heavy (non-hydrogen) atoms. The van der Waals surface area contributed by atoms with Gasteiger partial charge >= 0.3 is 5.97 Å². The van der Waals surface area contributed by atoms with Crippen LogP contribution in [0.2, 0.25) is 0 Å². The quantitative estimate of drug-likeness (QED) is 0.514. The van der Waals surface area contributed by atoms with Crippen LogP contribution in [-0.4, -0.2) is 44.9 Å². The second kappa shape index (κ2) is 5.97. The Morgan fingerprint density at radius 3 is 2.95 bits per heavy atom. The molecular weight excluding hydrogens is 292 g/mol. The lowest BCUT2D eigenvalue weighted by Crippen LogP contribution is -2.37. The van der Waals surface area contributed by atoms with Crippen LogP contribution in [0.4, 0.5) is 5.13 Å². The highest BCUT2D eigenvalue weighted by Gasteiger charge is 2.27. The van der Waals surface area contributed by atoms with Gasteiger partial charge in [0.2, 0.25) is 16.9 Å². The number of hydrogen-bond donors (Lipinski definition) is 3. The van der Waals surface area contributed by atoms with Gasteiger partial charge in [-0.1, -0.05) is 23.1 Å². The molecule has 0 unspecified atom stereocenters. The fourth-order valence-electron chi connectivity index (χ4n) is 1.45. The van der Waals surface area contributed by atoms with Crippen molar-refractivity contribution in [3.63, 3.8) is 0 Å². The van der Waals surface area contributed by atoms with Crippen molar-refractivity contribution in [1.29, 1.82) is 0 Å². The van der Waals surface area contributed by atoms with Crippen LogP contribution in [0.15, 0.2) is 4.34 Å². The Bertz CT molecular complexity index is 518. The zero-order valence-corrected chi connectivity index (χ0v) is 11.2. The molecule has 2 heterocycles. The van der Waals surface area contributed by atoms with Crippen LogP contribution in [0.25, 0.3) is 0 Å². The van der Waals surface area contributed by atoms with Crippen molar-refractivity contribution in [2.75, 3.05) is 11.1 Å². The van der Waals surface area contributed by atoms with Crippen LogP contribution < -0.4 is 10.6 Å². The van der Waals surface area contributed by atoms with Crippen molar-refractivity contribution in [3.05, 3.63) is 0 Å². The average molecular weight is 302 g/mol. The van der Waals surface area contributed by atoms with Crippen LogP contribution in [0.1, 0.15) is 12.8 Å². The first kappa shape index (κ1) is 13.7. The molecule has 102 valence electrons. The molecule has 1 aromatic heterocycles. The number of carbonyl (C=O) groups excluding carboxylic acids is 2. The van der Waals surface area contributed by atoms with Gasteiger partial charge in [-0.3, -0.25) is 19.7 Å². The molecule has 2 rings (SSSR count). The molecule has 2 amide bonds. The van der Waals surface area contributed by atoms with E-state index < -0.39 is 12.0 Å². The maximum Gasteiger partial charge on any atom is 0.313 e. The summed E-state index contributed by atoms with van der Waals surface area (Å²) in [5.74, 6) is -1.53. The molecule has 0 bridgehead atoms.